The molecule has 4 heteroatoms. The maximum Gasteiger partial charge on any atom is 0.151 e. The van der Waals surface area contributed by atoms with Crippen molar-refractivity contribution in [1.82, 2.24) is 15.1 Å². The zero-order valence-electron chi connectivity index (χ0n) is 10.0. The van der Waals surface area contributed by atoms with E-state index < -0.39 is 0 Å². The summed E-state index contributed by atoms with van der Waals surface area (Å²) < 4.78 is 5.42. The second kappa shape index (κ2) is 4.37. The fourth-order valence-electron chi connectivity index (χ4n) is 2.51. The van der Waals surface area contributed by atoms with Crippen LogP contribution in [0.3, 0.4) is 0 Å². The molecule has 2 aromatic rings. The molecule has 0 aliphatic carbocycles. The minimum atomic E-state index is 0.675. The van der Waals surface area contributed by atoms with E-state index in [9.17, 15) is 0 Å². The SMILES string of the molecule is CC1CCCN1Cc1cn[nH]c1-c1ccco1. The molecule has 3 heterocycles. The predicted molar refractivity (Wildman–Crippen MR) is 65.4 cm³/mol. The lowest BCUT2D eigenvalue weighted by atomic mass is 10.2. The fourth-order valence-corrected chi connectivity index (χ4v) is 2.51. The minimum absolute atomic E-state index is 0.675. The van der Waals surface area contributed by atoms with Crippen molar-refractivity contribution in [3.63, 3.8) is 0 Å². The smallest absolute Gasteiger partial charge is 0.151 e. The van der Waals surface area contributed by atoms with Gasteiger partial charge >= 0.3 is 0 Å². The average Bonchev–Trinajstić information content (AvgIpc) is 3.02. The Morgan fingerprint density at radius 1 is 1.59 bits per heavy atom. The largest absolute Gasteiger partial charge is 0.463 e. The van der Waals surface area contributed by atoms with Crippen LogP contribution in [-0.4, -0.2) is 27.7 Å². The Kier molecular flexibility index (Phi) is 2.73. The summed E-state index contributed by atoms with van der Waals surface area (Å²) in [6, 6.07) is 4.54. The van der Waals surface area contributed by atoms with E-state index in [0.29, 0.717) is 6.04 Å². The normalized spacial score (nSPS) is 21.1. The van der Waals surface area contributed by atoms with Crippen molar-refractivity contribution in [2.75, 3.05) is 6.54 Å². The van der Waals surface area contributed by atoms with E-state index in [1.807, 2.05) is 18.3 Å². The minimum Gasteiger partial charge on any atom is -0.463 e. The first-order chi connectivity index (χ1) is 8.34. The third-order valence-electron chi connectivity index (χ3n) is 3.55. The molecule has 0 radical (unpaired) electrons. The Hall–Kier alpha value is -1.55. The number of furan rings is 1. The van der Waals surface area contributed by atoms with Gasteiger partial charge < -0.3 is 4.42 Å². The van der Waals surface area contributed by atoms with Crippen LogP contribution in [0.2, 0.25) is 0 Å². The molecule has 0 spiro atoms. The molecule has 0 aromatic carbocycles. The lowest BCUT2D eigenvalue weighted by Gasteiger charge is -2.20. The highest BCUT2D eigenvalue weighted by Crippen LogP contribution is 2.25. The molecule has 2 aromatic heterocycles. The maximum atomic E-state index is 5.42. The van der Waals surface area contributed by atoms with E-state index in [4.69, 9.17) is 4.42 Å². The summed E-state index contributed by atoms with van der Waals surface area (Å²) in [5.74, 6) is 0.865. The number of nitrogens with one attached hydrogen (secondary N) is 1. The Morgan fingerprint density at radius 3 is 3.24 bits per heavy atom. The molecule has 1 aliphatic rings. The highest BCUT2D eigenvalue weighted by atomic mass is 16.3. The molecule has 0 bridgehead atoms. The van der Waals surface area contributed by atoms with Crippen molar-refractivity contribution in [2.45, 2.75) is 32.4 Å². The van der Waals surface area contributed by atoms with Crippen molar-refractivity contribution in [1.29, 1.82) is 0 Å². The molecule has 1 fully saturated rings. The van der Waals surface area contributed by atoms with Crippen LogP contribution in [0.15, 0.2) is 29.0 Å². The summed E-state index contributed by atoms with van der Waals surface area (Å²) in [6.45, 7) is 4.43. The lowest BCUT2D eigenvalue weighted by Crippen LogP contribution is -2.26. The third-order valence-corrected chi connectivity index (χ3v) is 3.55. The molecule has 3 rings (SSSR count). The quantitative estimate of drug-likeness (QED) is 0.883. The van der Waals surface area contributed by atoms with Crippen molar-refractivity contribution < 1.29 is 4.42 Å². The average molecular weight is 231 g/mol. The second-order valence-electron chi connectivity index (χ2n) is 4.71. The number of H-pyrrole nitrogens is 1. The van der Waals surface area contributed by atoms with Crippen LogP contribution in [0.5, 0.6) is 0 Å². The summed E-state index contributed by atoms with van der Waals surface area (Å²) in [5, 5.41) is 7.16. The lowest BCUT2D eigenvalue weighted by molar-refractivity contribution is 0.260. The van der Waals surface area contributed by atoms with Crippen molar-refractivity contribution in [3.8, 4) is 11.5 Å². The van der Waals surface area contributed by atoms with E-state index in [1.165, 1.54) is 24.9 Å². The van der Waals surface area contributed by atoms with Gasteiger partial charge in [-0.1, -0.05) is 0 Å². The molecule has 1 unspecified atom stereocenters. The number of aromatic amines is 1. The van der Waals surface area contributed by atoms with E-state index >= 15 is 0 Å². The molecule has 0 amide bonds. The summed E-state index contributed by atoms with van der Waals surface area (Å²) >= 11 is 0. The molecule has 1 saturated heterocycles. The van der Waals surface area contributed by atoms with Gasteiger partial charge in [0.1, 0.15) is 5.69 Å². The summed E-state index contributed by atoms with van der Waals surface area (Å²) in [6.07, 6.45) is 6.20. The molecule has 1 aliphatic heterocycles. The van der Waals surface area contributed by atoms with Crippen LogP contribution in [0.25, 0.3) is 11.5 Å². The molecule has 1 atom stereocenters. The fraction of sp³-hybridized carbons (Fsp3) is 0.462. The Labute approximate surface area is 101 Å². The highest BCUT2D eigenvalue weighted by Gasteiger charge is 2.22. The van der Waals surface area contributed by atoms with E-state index in [1.54, 1.807) is 6.26 Å². The standard InChI is InChI=1S/C13H17N3O/c1-10-4-2-6-16(10)9-11-8-14-15-13(11)12-5-3-7-17-12/h3,5,7-8,10H,2,4,6,9H2,1H3,(H,14,15). The topological polar surface area (TPSA) is 45.1 Å². The van der Waals surface area contributed by atoms with Gasteiger partial charge in [0.2, 0.25) is 0 Å². The first-order valence-corrected chi connectivity index (χ1v) is 6.15. The number of aromatic nitrogens is 2. The molecule has 0 saturated carbocycles. The van der Waals surface area contributed by atoms with Gasteiger partial charge in [0.15, 0.2) is 5.76 Å². The van der Waals surface area contributed by atoms with Crippen molar-refractivity contribution >= 4 is 0 Å². The van der Waals surface area contributed by atoms with Gasteiger partial charge in [-0.25, -0.2) is 0 Å². The highest BCUT2D eigenvalue weighted by molar-refractivity contribution is 5.56. The number of hydrogen-bond acceptors (Lipinski definition) is 3. The monoisotopic (exact) mass is 231 g/mol. The van der Waals surface area contributed by atoms with Crippen molar-refractivity contribution in [2.24, 2.45) is 0 Å². The number of rotatable bonds is 3. The van der Waals surface area contributed by atoms with Crippen LogP contribution in [-0.2, 0) is 6.54 Å². The van der Waals surface area contributed by atoms with Gasteiger partial charge in [0.05, 0.1) is 12.5 Å². The van der Waals surface area contributed by atoms with Crippen LogP contribution in [0.4, 0.5) is 0 Å². The van der Waals surface area contributed by atoms with Gasteiger partial charge in [-0.3, -0.25) is 10.00 Å². The molecule has 90 valence electrons. The van der Waals surface area contributed by atoms with Gasteiger partial charge in [0.25, 0.3) is 0 Å². The molecular weight excluding hydrogens is 214 g/mol. The van der Waals surface area contributed by atoms with Crippen LogP contribution >= 0.6 is 0 Å². The van der Waals surface area contributed by atoms with E-state index in [2.05, 4.69) is 22.0 Å². The zero-order valence-corrected chi connectivity index (χ0v) is 10.0. The Morgan fingerprint density at radius 2 is 2.53 bits per heavy atom. The van der Waals surface area contributed by atoms with Gasteiger partial charge in [-0.15, -0.1) is 0 Å². The Balaban J connectivity index is 1.82. The van der Waals surface area contributed by atoms with E-state index in [-0.39, 0.29) is 0 Å². The van der Waals surface area contributed by atoms with Crippen LogP contribution < -0.4 is 0 Å². The zero-order chi connectivity index (χ0) is 11.7. The number of likely N-dealkylation sites (tertiary alicyclic amines) is 1. The van der Waals surface area contributed by atoms with Gasteiger partial charge in [0, 0.05) is 18.2 Å². The van der Waals surface area contributed by atoms with Crippen molar-refractivity contribution in [3.05, 3.63) is 30.2 Å². The van der Waals surface area contributed by atoms with Crippen LogP contribution in [0, 0.1) is 0 Å². The predicted octanol–water partition coefficient (Wildman–Crippen LogP) is 2.65. The Bertz CT molecular complexity index is 475. The maximum absolute atomic E-state index is 5.42. The molecule has 17 heavy (non-hydrogen) atoms. The number of nitrogens with zero attached hydrogens (tertiary/aromatic N) is 2. The first kappa shape index (κ1) is 10.6. The molecular formula is C13H17N3O. The molecule has 1 N–H and O–H groups in total. The number of hydrogen-bond donors (Lipinski definition) is 1. The summed E-state index contributed by atoms with van der Waals surface area (Å²) in [5.41, 5.74) is 2.22. The van der Waals surface area contributed by atoms with Gasteiger partial charge in [-0.2, -0.15) is 5.10 Å². The molecule has 4 nitrogen and oxygen atoms in total. The summed E-state index contributed by atoms with van der Waals surface area (Å²) in [7, 11) is 0. The summed E-state index contributed by atoms with van der Waals surface area (Å²) in [4.78, 5) is 2.50. The van der Waals surface area contributed by atoms with E-state index in [0.717, 1.165) is 18.0 Å². The third kappa shape index (κ3) is 2.00. The van der Waals surface area contributed by atoms with Crippen LogP contribution in [0.1, 0.15) is 25.3 Å². The first-order valence-electron chi connectivity index (χ1n) is 6.15. The van der Waals surface area contributed by atoms with Gasteiger partial charge in [-0.05, 0) is 38.4 Å². The second-order valence-corrected chi connectivity index (χ2v) is 4.71.